The van der Waals surface area contributed by atoms with Crippen LogP contribution in [-0.2, 0) is 18.2 Å². The molecule has 3 aromatic rings. The Labute approximate surface area is 166 Å². The number of ether oxygens (including phenoxy) is 1. The van der Waals surface area contributed by atoms with E-state index in [1.165, 1.54) is 15.9 Å². The van der Waals surface area contributed by atoms with E-state index in [-0.39, 0.29) is 0 Å². The zero-order chi connectivity index (χ0) is 20.5. The van der Waals surface area contributed by atoms with Crippen molar-refractivity contribution in [1.82, 2.24) is 9.88 Å². The Kier molecular flexibility index (Phi) is 5.29. The average Bonchev–Trinajstić information content (AvgIpc) is 3.17. The van der Waals surface area contributed by atoms with Crippen molar-refractivity contribution in [2.24, 2.45) is 7.05 Å². The van der Waals surface area contributed by atoms with Gasteiger partial charge < -0.3 is 14.5 Å². The fraction of sp³-hybridized carbons (Fsp3) is 0.350. The number of nitriles is 1. The number of hydrogen-bond donors (Lipinski definition) is 1. The van der Waals surface area contributed by atoms with Crippen LogP contribution in [0.1, 0.15) is 25.6 Å². The van der Waals surface area contributed by atoms with E-state index in [1.54, 1.807) is 33.9 Å². The van der Waals surface area contributed by atoms with Gasteiger partial charge in [0.1, 0.15) is 11.6 Å². The number of thiophene rings is 1. The van der Waals surface area contributed by atoms with E-state index >= 15 is 0 Å². The van der Waals surface area contributed by atoms with Gasteiger partial charge in [-0.05, 0) is 56.7 Å². The lowest BCUT2D eigenvalue weighted by molar-refractivity contribution is 0.0516. The number of nitrogens with one attached hydrogen (secondary N) is 1. The van der Waals surface area contributed by atoms with Crippen molar-refractivity contribution in [3.05, 3.63) is 45.8 Å². The molecular formula is C20H21N3O4S. The molecular weight excluding hydrogens is 378 g/mol. The summed E-state index contributed by atoms with van der Waals surface area (Å²) in [6.07, 6.45) is -0.227. The third-order valence-corrected chi connectivity index (χ3v) is 5.15. The zero-order valence-corrected chi connectivity index (χ0v) is 16.9. The topological polar surface area (TPSA) is 97.3 Å². The Bertz CT molecular complexity index is 1110. The molecule has 0 saturated carbocycles. The molecule has 0 saturated heterocycles. The predicted molar refractivity (Wildman–Crippen MR) is 107 cm³/mol. The summed E-state index contributed by atoms with van der Waals surface area (Å²) in [4.78, 5) is 25.5. The van der Waals surface area contributed by atoms with Gasteiger partial charge >= 0.3 is 11.8 Å². The molecule has 0 aliphatic rings. The molecule has 1 N–H and O–H groups in total. The highest BCUT2D eigenvalue weighted by molar-refractivity contribution is 7.15. The van der Waals surface area contributed by atoms with E-state index in [0.29, 0.717) is 12.0 Å². The zero-order valence-electron chi connectivity index (χ0n) is 16.1. The molecule has 1 atom stereocenters. The fourth-order valence-electron chi connectivity index (χ4n) is 2.70. The molecule has 2 heterocycles. The molecule has 0 bridgehead atoms. The standard InChI is InChI=1S/C20H21N3O4S/c1-20(2,3)27-18(24)22-13(11-21)10-14-6-8-17(28-14)12-5-7-16-15(9-12)23(4)19(25)26-16/h5-9,13H,10H2,1-4H3,(H,22,24). The van der Waals surface area contributed by atoms with Crippen LogP contribution < -0.4 is 11.1 Å². The van der Waals surface area contributed by atoms with Gasteiger partial charge in [-0.3, -0.25) is 4.57 Å². The number of carbonyl (C=O) groups is 1. The van der Waals surface area contributed by atoms with Gasteiger partial charge in [-0.15, -0.1) is 11.3 Å². The second-order valence-electron chi connectivity index (χ2n) is 7.41. The quantitative estimate of drug-likeness (QED) is 0.719. The van der Waals surface area contributed by atoms with Crippen molar-refractivity contribution in [2.75, 3.05) is 0 Å². The Morgan fingerprint density at radius 2 is 2.11 bits per heavy atom. The molecule has 1 unspecified atom stereocenters. The third-order valence-electron chi connectivity index (χ3n) is 3.99. The lowest BCUT2D eigenvalue weighted by atomic mass is 10.1. The molecule has 7 nitrogen and oxygen atoms in total. The molecule has 0 spiro atoms. The maximum absolute atomic E-state index is 11.9. The second kappa shape index (κ2) is 7.52. The largest absolute Gasteiger partial charge is 0.444 e. The molecule has 3 rings (SSSR count). The number of hydrogen-bond acceptors (Lipinski definition) is 6. The second-order valence-corrected chi connectivity index (χ2v) is 8.58. The first kappa shape index (κ1) is 19.7. The molecule has 0 radical (unpaired) electrons. The van der Waals surface area contributed by atoms with Gasteiger partial charge in [0.25, 0.3) is 0 Å². The summed E-state index contributed by atoms with van der Waals surface area (Å²) in [6, 6.07) is 10.9. The van der Waals surface area contributed by atoms with Crippen molar-refractivity contribution < 1.29 is 13.9 Å². The summed E-state index contributed by atoms with van der Waals surface area (Å²) in [5.74, 6) is -0.399. The van der Waals surface area contributed by atoms with Gasteiger partial charge in [-0.1, -0.05) is 0 Å². The number of rotatable bonds is 4. The molecule has 0 fully saturated rings. The highest BCUT2D eigenvalue weighted by atomic mass is 32.1. The van der Waals surface area contributed by atoms with Crippen LogP contribution >= 0.6 is 11.3 Å². The summed E-state index contributed by atoms with van der Waals surface area (Å²) >= 11 is 1.53. The minimum absolute atomic E-state index is 0.382. The molecule has 8 heteroatoms. The molecule has 2 aromatic heterocycles. The van der Waals surface area contributed by atoms with Crippen LogP contribution in [0.5, 0.6) is 0 Å². The van der Waals surface area contributed by atoms with Gasteiger partial charge in [-0.25, -0.2) is 9.59 Å². The summed E-state index contributed by atoms with van der Waals surface area (Å²) in [5.41, 5.74) is 1.60. The normalized spacial score (nSPS) is 12.5. The third kappa shape index (κ3) is 4.43. The van der Waals surface area contributed by atoms with Gasteiger partial charge in [0.15, 0.2) is 5.58 Å². The van der Waals surface area contributed by atoms with E-state index in [4.69, 9.17) is 9.15 Å². The molecule has 1 amide bonds. The Morgan fingerprint density at radius 3 is 2.79 bits per heavy atom. The van der Waals surface area contributed by atoms with Crippen LogP contribution in [0.3, 0.4) is 0 Å². The number of alkyl carbamates (subject to hydrolysis) is 1. The number of aryl methyl sites for hydroxylation is 1. The highest BCUT2D eigenvalue weighted by Crippen LogP contribution is 2.30. The SMILES string of the molecule is Cn1c(=O)oc2ccc(-c3ccc(CC(C#N)NC(=O)OC(C)(C)C)s3)cc21. The van der Waals surface area contributed by atoms with Crippen LogP contribution in [0.2, 0.25) is 0 Å². The number of fused-ring (bicyclic) bond motifs is 1. The highest BCUT2D eigenvalue weighted by Gasteiger charge is 2.20. The maximum atomic E-state index is 11.9. The molecule has 0 aliphatic carbocycles. The average molecular weight is 399 g/mol. The van der Waals surface area contributed by atoms with Crippen molar-refractivity contribution in [1.29, 1.82) is 5.26 Å². The first-order valence-corrected chi connectivity index (χ1v) is 9.56. The molecule has 146 valence electrons. The van der Waals surface area contributed by atoms with Crippen molar-refractivity contribution in [3.8, 4) is 16.5 Å². The van der Waals surface area contributed by atoms with E-state index < -0.39 is 23.5 Å². The molecule has 28 heavy (non-hydrogen) atoms. The monoisotopic (exact) mass is 399 g/mol. The van der Waals surface area contributed by atoms with Crippen LogP contribution in [0.4, 0.5) is 4.79 Å². The fourth-order valence-corrected chi connectivity index (χ4v) is 3.75. The van der Waals surface area contributed by atoms with Gasteiger partial charge in [0.05, 0.1) is 11.6 Å². The number of nitrogens with zero attached hydrogens (tertiary/aromatic N) is 2. The van der Waals surface area contributed by atoms with Gasteiger partial charge in [0.2, 0.25) is 0 Å². The van der Waals surface area contributed by atoms with E-state index in [9.17, 15) is 14.9 Å². The number of aromatic nitrogens is 1. The van der Waals surface area contributed by atoms with Crippen LogP contribution in [0.25, 0.3) is 21.5 Å². The lowest BCUT2D eigenvalue weighted by Gasteiger charge is -2.21. The number of carbonyl (C=O) groups excluding carboxylic acids is 1. The first-order chi connectivity index (χ1) is 13.2. The lowest BCUT2D eigenvalue weighted by Crippen LogP contribution is -2.39. The Hall–Kier alpha value is -3.05. The number of oxazole rings is 1. The maximum Gasteiger partial charge on any atom is 0.419 e. The van der Waals surface area contributed by atoms with E-state index in [2.05, 4.69) is 11.4 Å². The summed E-state index contributed by atoms with van der Waals surface area (Å²) in [7, 11) is 1.66. The van der Waals surface area contributed by atoms with Gasteiger partial charge in [-0.2, -0.15) is 5.26 Å². The van der Waals surface area contributed by atoms with Gasteiger partial charge in [0, 0.05) is 23.2 Å². The summed E-state index contributed by atoms with van der Waals surface area (Å²) < 4.78 is 11.8. The van der Waals surface area contributed by atoms with Crippen LogP contribution in [-0.4, -0.2) is 22.3 Å². The first-order valence-electron chi connectivity index (χ1n) is 8.74. The number of benzene rings is 1. The van der Waals surface area contributed by atoms with E-state index in [0.717, 1.165) is 20.8 Å². The predicted octanol–water partition coefficient (Wildman–Crippen LogP) is 3.82. The Morgan fingerprint density at radius 1 is 1.36 bits per heavy atom. The van der Waals surface area contributed by atoms with Crippen molar-refractivity contribution in [2.45, 2.75) is 38.8 Å². The summed E-state index contributed by atoms with van der Waals surface area (Å²) in [6.45, 7) is 5.31. The van der Waals surface area contributed by atoms with Crippen LogP contribution in [0.15, 0.2) is 39.5 Å². The van der Waals surface area contributed by atoms with Crippen molar-refractivity contribution >= 4 is 28.5 Å². The smallest absolute Gasteiger partial charge is 0.419 e. The minimum atomic E-state index is -0.682. The summed E-state index contributed by atoms with van der Waals surface area (Å²) in [5, 5.41) is 11.9. The van der Waals surface area contributed by atoms with E-state index in [1.807, 2.05) is 24.3 Å². The Balaban J connectivity index is 1.74. The minimum Gasteiger partial charge on any atom is -0.444 e. The molecule has 1 aromatic carbocycles. The van der Waals surface area contributed by atoms with Crippen molar-refractivity contribution in [3.63, 3.8) is 0 Å². The number of amides is 1. The molecule has 0 aliphatic heterocycles. The van der Waals surface area contributed by atoms with Crippen LogP contribution in [0, 0.1) is 11.3 Å².